The van der Waals surface area contributed by atoms with Gasteiger partial charge in [-0.25, -0.2) is 9.78 Å². The van der Waals surface area contributed by atoms with Gasteiger partial charge in [0.25, 0.3) is 5.91 Å². The Kier molecular flexibility index (Phi) is 4.18. The van der Waals surface area contributed by atoms with Gasteiger partial charge >= 0.3 is 5.69 Å². The first-order chi connectivity index (χ1) is 13.0. The molecule has 4 rings (SSSR count). The van der Waals surface area contributed by atoms with Gasteiger partial charge in [0.05, 0.1) is 11.2 Å². The topological polar surface area (TPSA) is 86.2 Å². The van der Waals surface area contributed by atoms with Crippen molar-refractivity contribution in [3.05, 3.63) is 52.4 Å². The predicted molar refractivity (Wildman–Crippen MR) is 100 cm³/mol. The molecule has 4 heterocycles. The summed E-state index contributed by atoms with van der Waals surface area (Å²) in [5.74, 6) is 0.188. The van der Waals surface area contributed by atoms with Gasteiger partial charge in [-0.1, -0.05) is 25.1 Å². The van der Waals surface area contributed by atoms with Crippen molar-refractivity contribution in [3.63, 3.8) is 0 Å². The Hall–Kier alpha value is -3.16. The van der Waals surface area contributed by atoms with E-state index in [0.717, 1.165) is 16.8 Å². The van der Waals surface area contributed by atoms with Crippen molar-refractivity contribution in [2.75, 3.05) is 13.1 Å². The highest BCUT2D eigenvalue weighted by atomic mass is 16.5. The molecule has 0 unspecified atom stereocenters. The van der Waals surface area contributed by atoms with Crippen LogP contribution in [0.5, 0.6) is 0 Å². The minimum absolute atomic E-state index is 0.0633. The van der Waals surface area contributed by atoms with E-state index in [2.05, 4.69) is 19.0 Å². The Bertz CT molecular complexity index is 1090. The lowest BCUT2D eigenvalue weighted by atomic mass is 10.1. The molecule has 0 aliphatic carbocycles. The summed E-state index contributed by atoms with van der Waals surface area (Å²) >= 11 is 0. The van der Waals surface area contributed by atoms with E-state index in [1.54, 1.807) is 27.1 Å². The number of rotatable bonds is 4. The van der Waals surface area contributed by atoms with Crippen molar-refractivity contribution >= 4 is 22.6 Å². The maximum atomic E-state index is 12.5. The van der Waals surface area contributed by atoms with Crippen LogP contribution < -0.4 is 5.69 Å². The smallest absolute Gasteiger partial charge is 0.330 e. The van der Waals surface area contributed by atoms with Crippen LogP contribution in [-0.4, -0.2) is 43.2 Å². The molecule has 0 atom stereocenters. The second kappa shape index (κ2) is 6.53. The van der Waals surface area contributed by atoms with E-state index in [-0.39, 0.29) is 11.6 Å². The van der Waals surface area contributed by atoms with Gasteiger partial charge in [0.15, 0.2) is 11.3 Å². The third-order valence-electron chi connectivity index (χ3n) is 4.72. The minimum atomic E-state index is -0.174. The van der Waals surface area contributed by atoms with Crippen molar-refractivity contribution in [1.82, 2.24) is 24.2 Å². The van der Waals surface area contributed by atoms with E-state index in [0.29, 0.717) is 36.9 Å². The van der Waals surface area contributed by atoms with Crippen molar-refractivity contribution in [2.45, 2.75) is 20.4 Å². The minimum Gasteiger partial charge on any atom is -0.364 e. The number of carbonyl (C=O) groups is 1. The second-order valence-corrected chi connectivity index (χ2v) is 7.18. The first-order valence-electron chi connectivity index (χ1n) is 8.91. The van der Waals surface area contributed by atoms with Crippen molar-refractivity contribution < 1.29 is 9.32 Å². The normalized spacial score (nSPS) is 14.4. The number of hydrogen-bond donors (Lipinski definition) is 0. The third kappa shape index (κ3) is 2.97. The maximum absolute atomic E-state index is 12.5. The van der Waals surface area contributed by atoms with Crippen LogP contribution in [0, 0.1) is 5.92 Å². The number of nitrogens with zero attached hydrogens (tertiary/aromatic N) is 5. The zero-order valence-corrected chi connectivity index (χ0v) is 15.5. The van der Waals surface area contributed by atoms with Crippen LogP contribution in [0.2, 0.25) is 0 Å². The summed E-state index contributed by atoms with van der Waals surface area (Å²) in [4.78, 5) is 31.3. The second-order valence-electron chi connectivity index (χ2n) is 7.18. The Labute approximate surface area is 155 Å². The largest absolute Gasteiger partial charge is 0.364 e. The molecule has 3 aromatic rings. The number of amides is 1. The van der Waals surface area contributed by atoms with E-state index in [9.17, 15) is 9.59 Å². The van der Waals surface area contributed by atoms with E-state index >= 15 is 0 Å². The first kappa shape index (κ1) is 17.3. The first-order valence-corrected chi connectivity index (χ1v) is 8.91. The number of aryl methyl sites for hydroxylation is 1. The lowest BCUT2D eigenvalue weighted by molar-refractivity contribution is 0.0791. The van der Waals surface area contributed by atoms with Gasteiger partial charge in [0, 0.05) is 32.7 Å². The van der Waals surface area contributed by atoms with Crippen LogP contribution in [0.15, 0.2) is 39.9 Å². The number of hydrogen-bond acceptors (Lipinski definition) is 5. The molecule has 0 aromatic carbocycles. The summed E-state index contributed by atoms with van der Waals surface area (Å²) in [6.07, 6.45) is 3.37. The number of imidazole rings is 1. The Balaban J connectivity index is 1.63. The molecular weight excluding hydrogens is 346 g/mol. The van der Waals surface area contributed by atoms with Gasteiger partial charge in [-0.2, -0.15) is 0 Å². The molecule has 27 heavy (non-hydrogen) atoms. The third-order valence-corrected chi connectivity index (χ3v) is 4.72. The van der Waals surface area contributed by atoms with Gasteiger partial charge in [-0.3, -0.25) is 13.9 Å². The molecule has 0 saturated carbocycles. The lowest BCUT2D eigenvalue weighted by Crippen LogP contribution is -2.29. The average Bonchev–Trinajstić information content (AvgIpc) is 3.39. The Morgan fingerprint density at radius 1 is 1.30 bits per heavy atom. The van der Waals surface area contributed by atoms with E-state index < -0.39 is 0 Å². The standard InChI is InChI=1S/C19H21N5O3/c1-12(2)10-24-16-5-4-14(20-17(16)22(3)19(24)26)13-6-8-23(11-13)18(25)15-7-9-27-21-15/h4-7,9,12H,8,10-11H2,1-3H3. The van der Waals surface area contributed by atoms with Gasteiger partial charge < -0.3 is 9.42 Å². The van der Waals surface area contributed by atoms with Crippen LogP contribution in [0.1, 0.15) is 30.0 Å². The van der Waals surface area contributed by atoms with Gasteiger partial charge in [-0.05, 0) is 23.6 Å². The number of fused-ring (bicyclic) bond motifs is 1. The molecule has 140 valence electrons. The molecule has 8 nitrogen and oxygen atoms in total. The van der Waals surface area contributed by atoms with Crippen molar-refractivity contribution in [2.24, 2.45) is 13.0 Å². The molecule has 0 saturated heterocycles. The van der Waals surface area contributed by atoms with E-state index in [1.165, 1.54) is 6.26 Å². The average molecular weight is 367 g/mol. The number of carbonyl (C=O) groups excluding carboxylic acids is 1. The van der Waals surface area contributed by atoms with Crippen molar-refractivity contribution in [1.29, 1.82) is 0 Å². The number of pyridine rings is 1. The quantitative estimate of drug-likeness (QED) is 0.703. The fourth-order valence-corrected chi connectivity index (χ4v) is 3.37. The molecule has 8 heteroatoms. The monoisotopic (exact) mass is 367 g/mol. The zero-order chi connectivity index (χ0) is 19.1. The highest BCUT2D eigenvalue weighted by Crippen LogP contribution is 2.23. The van der Waals surface area contributed by atoms with Crippen molar-refractivity contribution in [3.8, 4) is 0 Å². The Morgan fingerprint density at radius 2 is 2.11 bits per heavy atom. The Morgan fingerprint density at radius 3 is 2.81 bits per heavy atom. The predicted octanol–water partition coefficient (Wildman–Crippen LogP) is 1.92. The molecule has 1 aliphatic heterocycles. The lowest BCUT2D eigenvalue weighted by Gasteiger charge is -2.14. The van der Waals surface area contributed by atoms with Gasteiger partial charge in [0.1, 0.15) is 6.26 Å². The molecule has 3 aromatic heterocycles. The maximum Gasteiger partial charge on any atom is 0.330 e. The molecule has 0 radical (unpaired) electrons. The molecule has 0 N–H and O–H groups in total. The van der Waals surface area contributed by atoms with Crippen LogP contribution in [-0.2, 0) is 13.6 Å². The fraction of sp³-hybridized carbons (Fsp3) is 0.368. The van der Waals surface area contributed by atoms with Crippen LogP contribution in [0.3, 0.4) is 0 Å². The molecule has 0 bridgehead atoms. The van der Waals surface area contributed by atoms with Gasteiger partial charge in [-0.15, -0.1) is 0 Å². The zero-order valence-electron chi connectivity index (χ0n) is 15.5. The SMILES string of the molecule is CC(C)Cn1c(=O)n(C)c2nc(C3=CCN(C(=O)c4ccon4)C3)ccc21. The van der Waals surface area contributed by atoms with E-state index in [1.807, 2.05) is 18.2 Å². The summed E-state index contributed by atoms with van der Waals surface area (Å²) in [6.45, 7) is 5.76. The van der Waals surface area contributed by atoms with Crippen LogP contribution >= 0.6 is 0 Å². The molecule has 0 fully saturated rings. The summed E-state index contributed by atoms with van der Waals surface area (Å²) in [5.41, 5.74) is 3.44. The van der Waals surface area contributed by atoms with Gasteiger partial charge in [0.2, 0.25) is 0 Å². The fourth-order valence-electron chi connectivity index (χ4n) is 3.37. The summed E-state index contributed by atoms with van der Waals surface area (Å²) < 4.78 is 8.09. The molecule has 1 amide bonds. The van der Waals surface area contributed by atoms with Crippen LogP contribution in [0.4, 0.5) is 0 Å². The van der Waals surface area contributed by atoms with E-state index in [4.69, 9.17) is 9.51 Å². The summed E-state index contributed by atoms with van der Waals surface area (Å²) in [5, 5.41) is 3.70. The van der Waals surface area contributed by atoms with Crippen LogP contribution in [0.25, 0.3) is 16.7 Å². The molecular formula is C19H21N5O3. The number of aromatic nitrogens is 4. The highest BCUT2D eigenvalue weighted by molar-refractivity contribution is 5.94. The highest BCUT2D eigenvalue weighted by Gasteiger charge is 2.24. The summed E-state index contributed by atoms with van der Waals surface area (Å²) in [7, 11) is 1.74. The molecule has 1 aliphatic rings. The molecule has 0 spiro atoms. The summed E-state index contributed by atoms with van der Waals surface area (Å²) in [6, 6.07) is 5.40.